The first kappa shape index (κ1) is 12.2. The lowest BCUT2D eigenvalue weighted by atomic mass is 9.46. The highest BCUT2D eigenvalue weighted by Gasteiger charge is 2.52. The molecule has 16 heavy (non-hydrogen) atoms. The maximum absolute atomic E-state index is 4.20. The van der Waals surface area contributed by atoms with Gasteiger partial charge in [-0.3, -0.25) is 0 Å². The van der Waals surface area contributed by atoms with Gasteiger partial charge in [0.25, 0.3) is 0 Å². The quantitative estimate of drug-likeness (QED) is 0.533. The number of hydrogen-bond donors (Lipinski definition) is 0. The monoisotopic (exact) mass is 220 g/mol. The van der Waals surface area contributed by atoms with Crippen LogP contribution in [0.25, 0.3) is 0 Å². The Hall–Kier alpha value is -0.260. The molecule has 2 fully saturated rings. The standard InChI is InChI=1S/C16H28/c1-12(2)14-8-10-15(4)9-6-7-13(3)16(15,5)11-14/h13-14H,1,6-11H2,2-5H3/t13-,14?,15-,16-/m1/s1. The molecule has 1 unspecified atom stereocenters. The highest BCUT2D eigenvalue weighted by Crippen LogP contribution is 2.62. The van der Waals surface area contributed by atoms with Gasteiger partial charge < -0.3 is 0 Å². The largest absolute Gasteiger partial charge is 0.0999 e. The lowest BCUT2D eigenvalue weighted by Crippen LogP contribution is -2.49. The van der Waals surface area contributed by atoms with Crippen molar-refractivity contribution in [2.75, 3.05) is 0 Å². The molecular formula is C16H28. The van der Waals surface area contributed by atoms with Crippen molar-refractivity contribution in [3.8, 4) is 0 Å². The molecule has 4 atom stereocenters. The van der Waals surface area contributed by atoms with E-state index in [-0.39, 0.29) is 0 Å². The molecule has 0 radical (unpaired) electrons. The molecule has 0 amide bonds. The first-order chi connectivity index (χ1) is 7.39. The van der Waals surface area contributed by atoms with Gasteiger partial charge in [-0.1, -0.05) is 45.8 Å². The molecule has 0 aromatic rings. The lowest BCUT2D eigenvalue weighted by Gasteiger charge is -2.59. The zero-order valence-electron chi connectivity index (χ0n) is 11.6. The molecule has 0 heterocycles. The van der Waals surface area contributed by atoms with Crippen molar-refractivity contribution in [3.63, 3.8) is 0 Å². The third-order valence-corrected chi connectivity index (χ3v) is 6.24. The summed E-state index contributed by atoms with van der Waals surface area (Å²) in [7, 11) is 0. The van der Waals surface area contributed by atoms with E-state index in [9.17, 15) is 0 Å². The summed E-state index contributed by atoms with van der Waals surface area (Å²) >= 11 is 0. The Balaban J connectivity index is 2.26. The first-order valence-corrected chi connectivity index (χ1v) is 7.04. The van der Waals surface area contributed by atoms with Gasteiger partial charge in [0, 0.05) is 0 Å². The number of allylic oxidation sites excluding steroid dienone is 1. The molecule has 2 saturated carbocycles. The first-order valence-electron chi connectivity index (χ1n) is 7.04. The molecule has 2 aliphatic carbocycles. The van der Waals surface area contributed by atoms with Crippen molar-refractivity contribution < 1.29 is 0 Å². The summed E-state index contributed by atoms with van der Waals surface area (Å²) in [5, 5.41) is 0. The van der Waals surface area contributed by atoms with Crippen LogP contribution in [0.5, 0.6) is 0 Å². The Morgan fingerprint density at radius 2 is 1.88 bits per heavy atom. The number of hydrogen-bond acceptors (Lipinski definition) is 0. The molecule has 0 saturated heterocycles. The van der Waals surface area contributed by atoms with E-state index in [1.807, 2.05) is 0 Å². The van der Waals surface area contributed by atoms with Crippen LogP contribution >= 0.6 is 0 Å². The van der Waals surface area contributed by atoms with Crippen LogP contribution in [0, 0.1) is 22.7 Å². The minimum absolute atomic E-state index is 0.563. The van der Waals surface area contributed by atoms with E-state index < -0.39 is 0 Å². The average molecular weight is 220 g/mol. The van der Waals surface area contributed by atoms with Gasteiger partial charge in [0.15, 0.2) is 0 Å². The van der Waals surface area contributed by atoms with Gasteiger partial charge >= 0.3 is 0 Å². The Bertz CT molecular complexity index is 290. The van der Waals surface area contributed by atoms with E-state index in [0.717, 1.165) is 11.8 Å². The summed E-state index contributed by atoms with van der Waals surface area (Å²) in [5.41, 5.74) is 2.59. The van der Waals surface area contributed by atoms with Gasteiger partial charge in [-0.25, -0.2) is 0 Å². The molecule has 0 bridgehead atoms. The fourth-order valence-corrected chi connectivity index (χ4v) is 4.38. The van der Waals surface area contributed by atoms with Crippen LogP contribution in [0.3, 0.4) is 0 Å². The SMILES string of the molecule is C=C(C)C1CC[C@@]2(C)CCC[C@@H](C)[C@@]2(C)C1. The molecule has 2 aliphatic rings. The van der Waals surface area contributed by atoms with Gasteiger partial charge in [0.1, 0.15) is 0 Å². The summed E-state index contributed by atoms with van der Waals surface area (Å²) in [4.78, 5) is 0. The summed E-state index contributed by atoms with van der Waals surface area (Å²) in [5.74, 6) is 1.69. The van der Waals surface area contributed by atoms with Crippen molar-refractivity contribution in [2.45, 2.75) is 66.2 Å². The van der Waals surface area contributed by atoms with E-state index in [1.54, 1.807) is 0 Å². The van der Waals surface area contributed by atoms with Gasteiger partial charge in [-0.05, 0) is 55.3 Å². The second-order valence-electron chi connectivity index (χ2n) is 7.06. The fourth-order valence-electron chi connectivity index (χ4n) is 4.38. The average Bonchev–Trinajstić information content (AvgIpc) is 2.20. The minimum Gasteiger partial charge on any atom is -0.0999 e. The highest BCUT2D eigenvalue weighted by atomic mass is 14.6. The van der Waals surface area contributed by atoms with Crippen molar-refractivity contribution in [2.24, 2.45) is 22.7 Å². The lowest BCUT2D eigenvalue weighted by molar-refractivity contribution is -0.0809. The van der Waals surface area contributed by atoms with Gasteiger partial charge in [0.2, 0.25) is 0 Å². The molecular weight excluding hydrogens is 192 g/mol. The Morgan fingerprint density at radius 3 is 2.50 bits per heavy atom. The van der Waals surface area contributed by atoms with Crippen molar-refractivity contribution in [3.05, 3.63) is 12.2 Å². The van der Waals surface area contributed by atoms with Gasteiger partial charge in [-0.15, -0.1) is 0 Å². The summed E-state index contributed by atoms with van der Waals surface area (Å²) in [6.07, 6.45) is 8.54. The zero-order valence-corrected chi connectivity index (χ0v) is 11.6. The Morgan fingerprint density at radius 1 is 1.19 bits per heavy atom. The molecule has 0 spiro atoms. The molecule has 92 valence electrons. The molecule has 0 heteroatoms. The minimum atomic E-state index is 0.563. The van der Waals surface area contributed by atoms with Crippen molar-refractivity contribution in [1.29, 1.82) is 0 Å². The van der Waals surface area contributed by atoms with Gasteiger partial charge in [-0.2, -0.15) is 0 Å². The van der Waals surface area contributed by atoms with E-state index in [2.05, 4.69) is 34.3 Å². The van der Waals surface area contributed by atoms with E-state index >= 15 is 0 Å². The topological polar surface area (TPSA) is 0 Å². The maximum atomic E-state index is 4.20. The van der Waals surface area contributed by atoms with Crippen molar-refractivity contribution >= 4 is 0 Å². The van der Waals surface area contributed by atoms with E-state index in [0.29, 0.717) is 10.8 Å². The normalized spacial score (nSPS) is 48.5. The summed E-state index contributed by atoms with van der Waals surface area (Å²) in [6.45, 7) is 14.0. The van der Waals surface area contributed by atoms with Crippen LogP contribution in [0.2, 0.25) is 0 Å². The molecule has 0 aromatic heterocycles. The Kier molecular flexibility index (Phi) is 2.97. The molecule has 2 rings (SSSR count). The second-order valence-corrected chi connectivity index (χ2v) is 7.06. The number of fused-ring (bicyclic) bond motifs is 1. The smallest absolute Gasteiger partial charge is 0.0203 e. The van der Waals surface area contributed by atoms with Crippen LogP contribution in [-0.2, 0) is 0 Å². The van der Waals surface area contributed by atoms with Crippen LogP contribution in [-0.4, -0.2) is 0 Å². The highest BCUT2D eigenvalue weighted by molar-refractivity contribution is 5.08. The Labute approximate surface area is 102 Å². The predicted molar refractivity (Wildman–Crippen MR) is 71.4 cm³/mol. The molecule has 0 aliphatic heterocycles. The predicted octanol–water partition coefficient (Wildman–Crippen LogP) is 5.20. The number of rotatable bonds is 1. The van der Waals surface area contributed by atoms with E-state index in [1.165, 1.54) is 44.1 Å². The maximum Gasteiger partial charge on any atom is -0.0203 e. The molecule has 0 N–H and O–H groups in total. The van der Waals surface area contributed by atoms with E-state index in [4.69, 9.17) is 0 Å². The summed E-state index contributed by atoms with van der Waals surface area (Å²) < 4.78 is 0. The van der Waals surface area contributed by atoms with Crippen LogP contribution in [0.15, 0.2) is 12.2 Å². The summed E-state index contributed by atoms with van der Waals surface area (Å²) in [6, 6.07) is 0. The zero-order chi connectivity index (χ0) is 12.0. The van der Waals surface area contributed by atoms with Crippen molar-refractivity contribution in [1.82, 2.24) is 0 Å². The third kappa shape index (κ3) is 1.65. The fraction of sp³-hybridized carbons (Fsp3) is 0.875. The molecule has 0 aromatic carbocycles. The third-order valence-electron chi connectivity index (χ3n) is 6.24. The van der Waals surface area contributed by atoms with Crippen LogP contribution in [0.1, 0.15) is 66.2 Å². The van der Waals surface area contributed by atoms with Gasteiger partial charge in [0.05, 0.1) is 0 Å². The van der Waals surface area contributed by atoms with Crippen LogP contribution in [0.4, 0.5) is 0 Å². The molecule has 0 nitrogen and oxygen atoms in total. The van der Waals surface area contributed by atoms with Crippen LogP contribution < -0.4 is 0 Å². The second kappa shape index (κ2) is 3.89.